The standard InChI is InChI=1S/C32H40O2/c1-31(34)18-16-24-22(20-31)12-13-26-25(24)17-19-32(2)28(26)14-15-29(32)30(33)27-11-7-6-10-23(27)21-8-4-3-5-9-21/h3-11,22,24-26,28-29,34H,12-20H2,1-2H3/t22-,24?,25+,26+,28-,29?,31+,32-/m0/s1. The van der Waals surface area contributed by atoms with E-state index in [0.29, 0.717) is 17.6 Å². The van der Waals surface area contributed by atoms with Crippen molar-refractivity contribution in [3.05, 3.63) is 60.2 Å². The lowest BCUT2D eigenvalue weighted by Crippen LogP contribution is -2.51. The first kappa shape index (κ1) is 22.5. The average Bonchev–Trinajstić information content (AvgIpc) is 3.20. The van der Waals surface area contributed by atoms with E-state index < -0.39 is 5.60 Å². The first-order valence-electron chi connectivity index (χ1n) is 13.8. The fraction of sp³-hybridized carbons (Fsp3) is 0.594. The van der Waals surface area contributed by atoms with Gasteiger partial charge in [0.15, 0.2) is 5.78 Å². The maximum absolute atomic E-state index is 14.1. The second-order valence-corrected chi connectivity index (χ2v) is 12.6. The number of ketones is 1. The summed E-state index contributed by atoms with van der Waals surface area (Å²) in [5.41, 5.74) is 2.83. The van der Waals surface area contributed by atoms with Crippen molar-refractivity contribution in [2.75, 3.05) is 0 Å². The summed E-state index contributed by atoms with van der Waals surface area (Å²) in [6, 6.07) is 18.7. The molecule has 0 radical (unpaired) electrons. The Labute approximate surface area is 205 Å². The Hall–Kier alpha value is -1.93. The van der Waals surface area contributed by atoms with Crippen LogP contribution in [-0.4, -0.2) is 16.5 Å². The zero-order chi connectivity index (χ0) is 23.5. The van der Waals surface area contributed by atoms with E-state index in [1.807, 2.05) is 19.1 Å². The molecule has 34 heavy (non-hydrogen) atoms. The number of carbonyl (C=O) groups is 1. The van der Waals surface area contributed by atoms with Gasteiger partial charge < -0.3 is 5.11 Å². The van der Waals surface area contributed by atoms with Crippen LogP contribution in [0.1, 0.15) is 82.0 Å². The molecule has 0 saturated heterocycles. The lowest BCUT2D eigenvalue weighted by molar-refractivity contribution is -0.0976. The molecule has 4 fully saturated rings. The molecule has 4 saturated carbocycles. The maximum Gasteiger partial charge on any atom is 0.167 e. The van der Waals surface area contributed by atoms with Crippen molar-refractivity contribution < 1.29 is 9.90 Å². The molecule has 2 unspecified atom stereocenters. The number of carbonyl (C=O) groups excluding carboxylic acids is 1. The molecule has 0 spiro atoms. The number of rotatable bonds is 3. The molecule has 0 aromatic heterocycles. The summed E-state index contributed by atoms with van der Waals surface area (Å²) >= 11 is 0. The molecule has 1 N–H and O–H groups in total. The van der Waals surface area contributed by atoms with Crippen LogP contribution in [0.2, 0.25) is 0 Å². The second kappa shape index (κ2) is 8.33. The van der Waals surface area contributed by atoms with Gasteiger partial charge in [0.05, 0.1) is 5.60 Å². The van der Waals surface area contributed by atoms with Gasteiger partial charge in [0, 0.05) is 11.5 Å². The minimum atomic E-state index is -0.450. The largest absolute Gasteiger partial charge is 0.390 e. The van der Waals surface area contributed by atoms with E-state index in [9.17, 15) is 9.90 Å². The third kappa shape index (κ3) is 3.60. The van der Waals surface area contributed by atoms with Crippen LogP contribution in [0.3, 0.4) is 0 Å². The summed E-state index contributed by atoms with van der Waals surface area (Å²) in [6.07, 6.45) is 10.5. The van der Waals surface area contributed by atoms with Gasteiger partial charge >= 0.3 is 0 Å². The van der Waals surface area contributed by atoms with E-state index in [4.69, 9.17) is 0 Å². The van der Waals surface area contributed by atoms with Crippen molar-refractivity contribution in [1.29, 1.82) is 0 Å². The van der Waals surface area contributed by atoms with Gasteiger partial charge in [0.2, 0.25) is 0 Å². The van der Waals surface area contributed by atoms with Crippen molar-refractivity contribution in [2.45, 2.75) is 77.2 Å². The van der Waals surface area contributed by atoms with Crippen LogP contribution in [0.25, 0.3) is 11.1 Å². The van der Waals surface area contributed by atoms with Gasteiger partial charge in [-0.1, -0.05) is 61.5 Å². The summed E-state index contributed by atoms with van der Waals surface area (Å²) in [5.74, 6) is 4.33. The van der Waals surface area contributed by atoms with Crippen LogP contribution in [0.15, 0.2) is 54.6 Å². The number of benzene rings is 2. The van der Waals surface area contributed by atoms with Crippen molar-refractivity contribution in [2.24, 2.45) is 40.9 Å². The van der Waals surface area contributed by atoms with Gasteiger partial charge in [-0.05, 0) is 111 Å². The Morgan fingerprint density at radius 3 is 2.35 bits per heavy atom. The molecule has 180 valence electrons. The molecule has 6 rings (SSSR count). The first-order chi connectivity index (χ1) is 16.4. The number of hydrogen-bond acceptors (Lipinski definition) is 2. The SMILES string of the molecule is C[C@@]1(O)CCC2[C@@H](CC[C@@H]3[C@@H]2CC[C@]2(C)C(C(=O)c4ccccc4-c4ccccc4)CC[C@@H]32)C1. The fourth-order valence-electron chi connectivity index (χ4n) is 9.27. The van der Waals surface area contributed by atoms with Gasteiger partial charge in [0.25, 0.3) is 0 Å². The lowest BCUT2D eigenvalue weighted by atomic mass is 9.49. The molecule has 8 atom stereocenters. The fourth-order valence-corrected chi connectivity index (χ4v) is 9.27. The van der Waals surface area contributed by atoms with E-state index in [1.54, 1.807) is 0 Å². The zero-order valence-electron chi connectivity index (χ0n) is 20.9. The number of Topliss-reactive ketones (excluding diaryl/α,β-unsaturated/α-hetero) is 1. The van der Waals surface area contributed by atoms with Crippen LogP contribution in [0.5, 0.6) is 0 Å². The molecule has 2 heteroatoms. The van der Waals surface area contributed by atoms with Crippen molar-refractivity contribution in [3.63, 3.8) is 0 Å². The van der Waals surface area contributed by atoms with Crippen LogP contribution in [0.4, 0.5) is 0 Å². The smallest absolute Gasteiger partial charge is 0.167 e. The Bertz CT molecular complexity index is 1060. The van der Waals surface area contributed by atoms with Gasteiger partial charge in [-0.2, -0.15) is 0 Å². The molecular formula is C32H40O2. The van der Waals surface area contributed by atoms with Gasteiger partial charge in [-0.25, -0.2) is 0 Å². The summed E-state index contributed by atoms with van der Waals surface area (Å²) in [7, 11) is 0. The predicted molar refractivity (Wildman–Crippen MR) is 137 cm³/mol. The molecule has 2 nitrogen and oxygen atoms in total. The highest BCUT2D eigenvalue weighted by Crippen LogP contribution is 2.65. The van der Waals surface area contributed by atoms with E-state index in [-0.39, 0.29) is 11.3 Å². The average molecular weight is 457 g/mol. The van der Waals surface area contributed by atoms with Gasteiger partial charge in [-0.3, -0.25) is 4.79 Å². The highest BCUT2D eigenvalue weighted by molar-refractivity contribution is 6.04. The highest BCUT2D eigenvalue weighted by atomic mass is 16.3. The Morgan fingerprint density at radius 2 is 1.53 bits per heavy atom. The summed E-state index contributed by atoms with van der Waals surface area (Å²) in [5, 5.41) is 10.7. The van der Waals surface area contributed by atoms with E-state index in [2.05, 4.69) is 49.4 Å². The Morgan fingerprint density at radius 1 is 0.794 bits per heavy atom. The highest BCUT2D eigenvalue weighted by Gasteiger charge is 2.58. The maximum atomic E-state index is 14.1. The van der Waals surface area contributed by atoms with E-state index in [0.717, 1.165) is 53.7 Å². The quantitative estimate of drug-likeness (QED) is 0.484. The summed E-state index contributed by atoms with van der Waals surface area (Å²) < 4.78 is 0. The topological polar surface area (TPSA) is 37.3 Å². The number of aliphatic hydroxyl groups is 1. The Balaban J connectivity index is 1.26. The predicted octanol–water partition coefficient (Wildman–Crippen LogP) is 7.56. The minimum absolute atomic E-state index is 0.134. The normalized spacial score (nSPS) is 41.3. The molecule has 2 aromatic carbocycles. The van der Waals surface area contributed by atoms with Gasteiger partial charge in [0.1, 0.15) is 0 Å². The monoisotopic (exact) mass is 456 g/mol. The van der Waals surface area contributed by atoms with E-state index in [1.165, 1.54) is 38.5 Å². The van der Waals surface area contributed by atoms with Crippen LogP contribution < -0.4 is 0 Å². The van der Waals surface area contributed by atoms with Gasteiger partial charge in [-0.15, -0.1) is 0 Å². The van der Waals surface area contributed by atoms with E-state index >= 15 is 0 Å². The van der Waals surface area contributed by atoms with Crippen LogP contribution in [0, 0.1) is 40.9 Å². The van der Waals surface area contributed by atoms with Crippen molar-refractivity contribution >= 4 is 5.78 Å². The Kier molecular flexibility index (Phi) is 5.52. The molecule has 2 aromatic rings. The molecule has 4 aliphatic carbocycles. The van der Waals surface area contributed by atoms with Crippen LogP contribution in [-0.2, 0) is 0 Å². The van der Waals surface area contributed by atoms with Crippen LogP contribution >= 0.6 is 0 Å². The minimum Gasteiger partial charge on any atom is -0.390 e. The second-order valence-electron chi connectivity index (χ2n) is 12.6. The summed E-state index contributed by atoms with van der Waals surface area (Å²) in [6.45, 7) is 4.51. The molecular weight excluding hydrogens is 416 g/mol. The number of hydrogen-bond donors (Lipinski definition) is 1. The van der Waals surface area contributed by atoms with Crippen molar-refractivity contribution in [1.82, 2.24) is 0 Å². The molecule has 4 aliphatic rings. The molecule has 0 heterocycles. The zero-order valence-corrected chi connectivity index (χ0v) is 20.9. The summed E-state index contributed by atoms with van der Waals surface area (Å²) in [4.78, 5) is 14.1. The number of fused-ring (bicyclic) bond motifs is 5. The first-order valence-corrected chi connectivity index (χ1v) is 13.8. The van der Waals surface area contributed by atoms with Crippen molar-refractivity contribution in [3.8, 4) is 11.1 Å². The third-order valence-electron chi connectivity index (χ3n) is 10.8. The lowest BCUT2D eigenvalue weighted by Gasteiger charge is -2.56. The molecule has 0 aliphatic heterocycles. The molecule has 0 amide bonds. The third-order valence-corrected chi connectivity index (χ3v) is 10.8. The molecule has 0 bridgehead atoms.